The van der Waals surface area contributed by atoms with Crippen LogP contribution in [0.4, 0.5) is 8.78 Å². The summed E-state index contributed by atoms with van der Waals surface area (Å²) in [6, 6.07) is 9.72. The molecule has 0 heterocycles. The van der Waals surface area contributed by atoms with Crippen LogP contribution in [-0.2, 0) is 13.0 Å². The summed E-state index contributed by atoms with van der Waals surface area (Å²) in [5, 5.41) is 0. The molecule has 0 aliphatic rings. The summed E-state index contributed by atoms with van der Waals surface area (Å²) in [7, 11) is 0. The number of hydrogen-bond acceptors (Lipinski definition) is 2. The summed E-state index contributed by atoms with van der Waals surface area (Å²) in [6.07, 6.45) is 0.417. The van der Waals surface area contributed by atoms with Crippen molar-refractivity contribution in [3.05, 3.63) is 63.6 Å². The minimum Gasteiger partial charge on any atom is -0.483 e. The van der Waals surface area contributed by atoms with Gasteiger partial charge in [-0.15, -0.1) is 0 Å². The van der Waals surface area contributed by atoms with Crippen LogP contribution in [0, 0.1) is 11.6 Å². The van der Waals surface area contributed by atoms with E-state index in [1.807, 2.05) is 24.3 Å². The molecule has 0 amide bonds. The van der Waals surface area contributed by atoms with E-state index in [0.29, 0.717) is 12.0 Å². The molecule has 112 valence electrons. The summed E-state index contributed by atoms with van der Waals surface area (Å²) in [5.41, 5.74) is 6.98. The monoisotopic (exact) mass is 355 g/mol. The van der Waals surface area contributed by atoms with Gasteiger partial charge in [0.1, 0.15) is 6.61 Å². The fourth-order valence-electron chi connectivity index (χ4n) is 1.98. The highest BCUT2D eigenvalue weighted by Gasteiger charge is 2.13. The molecular formula is C16H16BrF2NO. The van der Waals surface area contributed by atoms with Crippen molar-refractivity contribution >= 4 is 15.9 Å². The van der Waals surface area contributed by atoms with Crippen LogP contribution in [0.1, 0.15) is 18.1 Å². The molecular weight excluding hydrogens is 340 g/mol. The first kappa shape index (κ1) is 15.9. The molecule has 0 bridgehead atoms. The zero-order chi connectivity index (χ0) is 15.4. The van der Waals surface area contributed by atoms with E-state index in [1.165, 1.54) is 12.1 Å². The first-order valence-electron chi connectivity index (χ1n) is 6.56. The largest absolute Gasteiger partial charge is 0.483 e. The molecule has 1 atom stereocenters. The standard InChI is InChI=1S/C16H16BrF2NO/c1-10(20)6-12-7-14(18)16(15(19)8-12)21-9-11-2-4-13(17)5-3-11/h2-5,7-8,10H,6,9,20H2,1H3. The molecule has 0 spiro atoms. The maximum atomic E-state index is 13.9. The maximum absolute atomic E-state index is 13.9. The predicted molar refractivity (Wildman–Crippen MR) is 82.2 cm³/mol. The van der Waals surface area contributed by atoms with Gasteiger partial charge in [-0.05, 0) is 48.7 Å². The van der Waals surface area contributed by atoms with Crippen molar-refractivity contribution in [1.82, 2.24) is 0 Å². The smallest absolute Gasteiger partial charge is 0.191 e. The van der Waals surface area contributed by atoms with E-state index in [1.54, 1.807) is 6.92 Å². The van der Waals surface area contributed by atoms with Crippen molar-refractivity contribution in [2.75, 3.05) is 0 Å². The summed E-state index contributed by atoms with van der Waals surface area (Å²) < 4.78 is 34.0. The first-order chi connectivity index (χ1) is 9.95. The Morgan fingerprint density at radius 3 is 2.19 bits per heavy atom. The molecule has 0 aromatic heterocycles. The van der Waals surface area contributed by atoms with E-state index >= 15 is 0 Å². The summed E-state index contributed by atoms with van der Waals surface area (Å²) in [4.78, 5) is 0. The van der Waals surface area contributed by atoms with E-state index < -0.39 is 11.6 Å². The molecule has 2 aromatic carbocycles. The average molecular weight is 356 g/mol. The molecule has 2 rings (SSSR count). The molecule has 2 aromatic rings. The lowest BCUT2D eigenvalue weighted by atomic mass is 10.1. The van der Waals surface area contributed by atoms with Crippen molar-refractivity contribution < 1.29 is 13.5 Å². The average Bonchev–Trinajstić information content (AvgIpc) is 2.39. The van der Waals surface area contributed by atoms with Crippen molar-refractivity contribution in [3.63, 3.8) is 0 Å². The van der Waals surface area contributed by atoms with Crippen molar-refractivity contribution in [2.24, 2.45) is 5.73 Å². The van der Waals surface area contributed by atoms with Crippen LogP contribution >= 0.6 is 15.9 Å². The highest BCUT2D eigenvalue weighted by atomic mass is 79.9. The first-order valence-corrected chi connectivity index (χ1v) is 7.35. The Kier molecular flexibility index (Phi) is 5.31. The molecule has 0 aliphatic carbocycles. The van der Waals surface area contributed by atoms with Crippen molar-refractivity contribution in [1.29, 1.82) is 0 Å². The second kappa shape index (κ2) is 7.00. The number of halogens is 3. The highest BCUT2D eigenvalue weighted by Crippen LogP contribution is 2.25. The Hall–Kier alpha value is -1.46. The molecule has 5 heteroatoms. The molecule has 1 unspecified atom stereocenters. The zero-order valence-electron chi connectivity index (χ0n) is 11.6. The Balaban J connectivity index is 2.11. The molecule has 0 fully saturated rings. The third kappa shape index (κ3) is 4.51. The SMILES string of the molecule is CC(N)Cc1cc(F)c(OCc2ccc(Br)cc2)c(F)c1. The van der Waals surface area contributed by atoms with E-state index in [4.69, 9.17) is 10.5 Å². The second-order valence-electron chi connectivity index (χ2n) is 4.99. The molecule has 0 saturated carbocycles. The maximum Gasteiger partial charge on any atom is 0.191 e. The Labute approximate surface area is 131 Å². The fourth-order valence-corrected chi connectivity index (χ4v) is 2.24. The Bertz CT molecular complexity index is 591. The number of ether oxygens (including phenoxy) is 1. The van der Waals surface area contributed by atoms with Gasteiger partial charge < -0.3 is 10.5 Å². The van der Waals surface area contributed by atoms with Gasteiger partial charge in [-0.25, -0.2) is 8.78 Å². The summed E-state index contributed by atoms with van der Waals surface area (Å²) in [5.74, 6) is -1.77. The quantitative estimate of drug-likeness (QED) is 0.872. The normalized spacial score (nSPS) is 12.2. The van der Waals surface area contributed by atoms with Gasteiger partial charge in [-0.1, -0.05) is 28.1 Å². The lowest BCUT2D eigenvalue weighted by Gasteiger charge is -2.11. The van der Waals surface area contributed by atoms with Gasteiger partial charge in [0.05, 0.1) is 0 Å². The van der Waals surface area contributed by atoms with Gasteiger partial charge in [0, 0.05) is 10.5 Å². The summed E-state index contributed by atoms with van der Waals surface area (Å²) >= 11 is 3.32. The third-order valence-electron chi connectivity index (χ3n) is 2.91. The third-order valence-corrected chi connectivity index (χ3v) is 3.44. The second-order valence-corrected chi connectivity index (χ2v) is 5.90. The molecule has 0 radical (unpaired) electrons. The fraction of sp³-hybridized carbons (Fsp3) is 0.250. The van der Waals surface area contributed by atoms with Gasteiger partial charge in [0.25, 0.3) is 0 Å². The van der Waals surface area contributed by atoms with Crippen molar-refractivity contribution in [3.8, 4) is 5.75 Å². The minimum atomic E-state index is -0.706. The summed E-state index contributed by atoms with van der Waals surface area (Å²) in [6.45, 7) is 1.89. The Morgan fingerprint density at radius 1 is 1.10 bits per heavy atom. The molecule has 0 aliphatic heterocycles. The zero-order valence-corrected chi connectivity index (χ0v) is 13.2. The van der Waals surface area contributed by atoms with Gasteiger partial charge in [-0.3, -0.25) is 0 Å². The van der Waals surface area contributed by atoms with Crippen molar-refractivity contribution in [2.45, 2.75) is 26.0 Å². The topological polar surface area (TPSA) is 35.2 Å². The Morgan fingerprint density at radius 2 is 1.67 bits per heavy atom. The minimum absolute atomic E-state index is 0.105. The van der Waals surface area contributed by atoms with Crippen LogP contribution in [-0.4, -0.2) is 6.04 Å². The number of nitrogens with two attached hydrogens (primary N) is 1. The van der Waals surface area contributed by atoms with Gasteiger partial charge in [-0.2, -0.15) is 0 Å². The van der Waals surface area contributed by atoms with E-state index in [0.717, 1.165) is 10.0 Å². The van der Waals surface area contributed by atoms with Crippen LogP contribution in [0.25, 0.3) is 0 Å². The van der Waals surface area contributed by atoms with Crippen LogP contribution in [0.2, 0.25) is 0 Å². The number of rotatable bonds is 5. The van der Waals surface area contributed by atoms with Gasteiger partial charge in [0.2, 0.25) is 0 Å². The van der Waals surface area contributed by atoms with E-state index in [-0.39, 0.29) is 18.4 Å². The predicted octanol–water partition coefficient (Wildman–Crippen LogP) is 4.20. The molecule has 2 N–H and O–H groups in total. The van der Waals surface area contributed by atoms with Crippen LogP contribution in [0.15, 0.2) is 40.9 Å². The number of hydrogen-bond donors (Lipinski definition) is 1. The molecule has 21 heavy (non-hydrogen) atoms. The van der Waals surface area contributed by atoms with Crippen LogP contribution in [0.5, 0.6) is 5.75 Å². The van der Waals surface area contributed by atoms with E-state index in [9.17, 15) is 8.78 Å². The highest BCUT2D eigenvalue weighted by molar-refractivity contribution is 9.10. The van der Waals surface area contributed by atoms with Gasteiger partial charge in [0.15, 0.2) is 17.4 Å². The lowest BCUT2D eigenvalue weighted by molar-refractivity contribution is 0.273. The number of benzene rings is 2. The van der Waals surface area contributed by atoms with E-state index in [2.05, 4.69) is 15.9 Å². The lowest BCUT2D eigenvalue weighted by Crippen LogP contribution is -2.18. The molecule has 0 saturated heterocycles. The molecule has 2 nitrogen and oxygen atoms in total. The van der Waals surface area contributed by atoms with Crippen LogP contribution < -0.4 is 10.5 Å². The van der Waals surface area contributed by atoms with Crippen LogP contribution in [0.3, 0.4) is 0 Å². The van der Waals surface area contributed by atoms with Gasteiger partial charge >= 0.3 is 0 Å².